The molecule has 0 aliphatic heterocycles. The van der Waals surface area contributed by atoms with E-state index in [-0.39, 0.29) is 0 Å². The summed E-state index contributed by atoms with van der Waals surface area (Å²) in [6, 6.07) is 6.23. The van der Waals surface area contributed by atoms with Crippen LogP contribution in [0.3, 0.4) is 0 Å². The Kier molecular flexibility index (Phi) is 3.39. The lowest BCUT2D eigenvalue weighted by Crippen LogP contribution is -2.12. The van der Waals surface area contributed by atoms with E-state index >= 15 is 0 Å². The summed E-state index contributed by atoms with van der Waals surface area (Å²) in [5.41, 5.74) is 8.14. The number of nitrogen functional groups attached to an aromatic ring is 1. The molecule has 2 rings (SSSR count). The monoisotopic (exact) mass is 244 g/mol. The van der Waals surface area contributed by atoms with Gasteiger partial charge in [-0.15, -0.1) is 0 Å². The van der Waals surface area contributed by atoms with Gasteiger partial charge in [-0.05, 0) is 37.1 Å². The smallest absolute Gasteiger partial charge is 0.0728 e. The molecule has 0 saturated carbocycles. The van der Waals surface area contributed by atoms with Gasteiger partial charge in [-0.2, -0.15) is 0 Å². The van der Waals surface area contributed by atoms with E-state index in [1.165, 1.54) is 0 Å². The van der Waals surface area contributed by atoms with Crippen molar-refractivity contribution < 1.29 is 0 Å². The van der Waals surface area contributed by atoms with Crippen molar-refractivity contribution in [2.45, 2.75) is 20.3 Å². The van der Waals surface area contributed by atoms with E-state index in [4.69, 9.17) is 5.84 Å². The lowest BCUT2D eigenvalue weighted by atomic mass is 10.0. The molecule has 0 aliphatic rings. The van der Waals surface area contributed by atoms with E-state index in [0.717, 1.165) is 40.0 Å². The predicted octanol–water partition coefficient (Wildman–Crippen LogP) is 2.46. The molecular weight excluding hydrogens is 224 g/mol. The third kappa shape index (κ3) is 1.99. The zero-order valence-corrected chi connectivity index (χ0v) is 11.4. The number of pyridine rings is 1. The van der Waals surface area contributed by atoms with Gasteiger partial charge in [-0.1, -0.05) is 6.92 Å². The van der Waals surface area contributed by atoms with Crippen LogP contribution in [0.1, 0.15) is 18.2 Å². The van der Waals surface area contributed by atoms with Crippen molar-refractivity contribution in [2.24, 2.45) is 5.84 Å². The lowest BCUT2D eigenvalue weighted by molar-refractivity contribution is 1.03. The lowest BCUT2D eigenvalue weighted by Gasteiger charge is -2.17. The molecule has 0 atom stereocenters. The molecule has 1 aromatic carbocycles. The van der Waals surface area contributed by atoms with Crippen LogP contribution in [0.4, 0.5) is 11.4 Å². The molecule has 4 heteroatoms. The molecule has 0 bridgehead atoms. The standard InChI is InChI=1S/C14H20N4/c1-5-12-9(2)14(17-15)11-8-10(18(3)4)6-7-13(11)16-12/h6-8H,5,15H2,1-4H3,(H,16,17). The normalized spacial score (nSPS) is 10.7. The second-order valence-electron chi connectivity index (χ2n) is 4.65. The SMILES string of the molecule is CCc1nc2ccc(N(C)C)cc2c(NN)c1C. The fraction of sp³-hybridized carbons (Fsp3) is 0.357. The van der Waals surface area contributed by atoms with Gasteiger partial charge in [-0.25, -0.2) is 0 Å². The van der Waals surface area contributed by atoms with E-state index in [1.54, 1.807) is 0 Å². The third-order valence-electron chi connectivity index (χ3n) is 3.31. The average molecular weight is 244 g/mol. The highest BCUT2D eigenvalue weighted by molar-refractivity contribution is 5.95. The molecule has 1 heterocycles. The number of rotatable bonds is 3. The molecule has 0 aliphatic carbocycles. The Morgan fingerprint density at radius 3 is 2.61 bits per heavy atom. The van der Waals surface area contributed by atoms with E-state index in [1.807, 2.05) is 20.2 Å². The maximum Gasteiger partial charge on any atom is 0.0728 e. The van der Waals surface area contributed by atoms with Gasteiger partial charge in [-0.3, -0.25) is 10.8 Å². The van der Waals surface area contributed by atoms with Crippen LogP contribution in [-0.4, -0.2) is 19.1 Å². The molecular formula is C14H20N4. The first kappa shape index (κ1) is 12.6. The maximum atomic E-state index is 5.68. The number of aryl methyl sites for hydroxylation is 1. The van der Waals surface area contributed by atoms with Crippen molar-refractivity contribution in [1.29, 1.82) is 0 Å². The van der Waals surface area contributed by atoms with Crippen LogP contribution < -0.4 is 16.2 Å². The Morgan fingerprint density at radius 2 is 2.06 bits per heavy atom. The molecule has 2 aromatic rings. The second-order valence-corrected chi connectivity index (χ2v) is 4.65. The molecule has 0 fully saturated rings. The number of anilines is 2. The maximum absolute atomic E-state index is 5.68. The average Bonchev–Trinajstić information content (AvgIpc) is 2.37. The summed E-state index contributed by atoms with van der Waals surface area (Å²) < 4.78 is 0. The van der Waals surface area contributed by atoms with Crippen molar-refractivity contribution in [3.05, 3.63) is 29.5 Å². The topological polar surface area (TPSA) is 54.2 Å². The zero-order chi connectivity index (χ0) is 13.3. The number of fused-ring (bicyclic) bond motifs is 1. The molecule has 0 saturated heterocycles. The van der Waals surface area contributed by atoms with Gasteiger partial charge in [0.1, 0.15) is 0 Å². The first-order chi connectivity index (χ1) is 8.58. The fourth-order valence-electron chi connectivity index (χ4n) is 2.21. The minimum atomic E-state index is 0.909. The summed E-state index contributed by atoms with van der Waals surface area (Å²) in [5.74, 6) is 5.68. The van der Waals surface area contributed by atoms with Crippen LogP contribution in [0, 0.1) is 6.92 Å². The first-order valence-electron chi connectivity index (χ1n) is 6.15. The summed E-state index contributed by atoms with van der Waals surface area (Å²) in [6.45, 7) is 4.17. The van der Waals surface area contributed by atoms with Gasteiger partial charge >= 0.3 is 0 Å². The Bertz CT molecular complexity index is 576. The van der Waals surface area contributed by atoms with Crippen LogP contribution in [0.2, 0.25) is 0 Å². The largest absolute Gasteiger partial charge is 0.378 e. The van der Waals surface area contributed by atoms with E-state index < -0.39 is 0 Å². The van der Waals surface area contributed by atoms with Crippen LogP contribution in [-0.2, 0) is 6.42 Å². The molecule has 0 spiro atoms. The molecule has 4 nitrogen and oxygen atoms in total. The first-order valence-corrected chi connectivity index (χ1v) is 6.15. The van der Waals surface area contributed by atoms with Gasteiger partial charge in [0.05, 0.1) is 11.2 Å². The number of nitrogens with zero attached hydrogens (tertiary/aromatic N) is 2. The van der Waals surface area contributed by atoms with E-state index in [9.17, 15) is 0 Å². The van der Waals surface area contributed by atoms with Crippen molar-refractivity contribution in [1.82, 2.24) is 4.98 Å². The molecule has 3 N–H and O–H groups in total. The molecule has 1 aromatic heterocycles. The number of nitrogens with one attached hydrogen (secondary N) is 1. The number of hydrazine groups is 1. The summed E-state index contributed by atoms with van der Waals surface area (Å²) in [7, 11) is 4.05. The van der Waals surface area contributed by atoms with Crippen molar-refractivity contribution >= 4 is 22.3 Å². The Morgan fingerprint density at radius 1 is 1.33 bits per heavy atom. The summed E-state index contributed by atoms with van der Waals surface area (Å²) in [6.07, 6.45) is 0.909. The van der Waals surface area contributed by atoms with Crippen molar-refractivity contribution in [3.8, 4) is 0 Å². The number of benzene rings is 1. The van der Waals surface area contributed by atoms with Crippen LogP contribution in [0.15, 0.2) is 18.2 Å². The molecule has 18 heavy (non-hydrogen) atoms. The van der Waals surface area contributed by atoms with Gasteiger partial charge < -0.3 is 10.3 Å². The number of hydrogen-bond acceptors (Lipinski definition) is 4. The Hall–Kier alpha value is -1.81. The van der Waals surface area contributed by atoms with E-state index in [0.29, 0.717) is 0 Å². The summed E-state index contributed by atoms with van der Waals surface area (Å²) >= 11 is 0. The quantitative estimate of drug-likeness (QED) is 0.643. The minimum absolute atomic E-state index is 0.909. The summed E-state index contributed by atoms with van der Waals surface area (Å²) in [4.78, 5) is 6.76. The summed E-state index contributed by atoms with van der Waals surface area (Å²) in [5, 5.41) is 1.07. The number of hydrogen-bond donors (Lipinski definition) is 2. The third-order valence-corrected chi connectivity index (χ3v) is 3.31. The van der Waals surface area contributed by atoms with E-state index in [2.05, 4.69) is 41.3 Å². The predicted molar refractivity (Wildman–Crippen MR) is 78.0 cm³/mol. The van der Waals surface area contributed by atoms with Crippen molar-refractivity contribution in [3.63, 3.8) is 0 Å². The number of aromatic nitrogens is 1. The molecule has 96 valence electrons. The number of nitrogens with two attached hydrogens (primary N) is 1. The van der Waals surface area contributed by atoms with Gasteiger partial charge in [0.2, 0.25) is 0 Å². The second kappa shape index (κ2) is 4.82. The fourth-order valence-corrected chi connectivity index (χ4v) is 2.21. The zero-order valence-electron chi connectivity index (χ0n) is 11.4. The van der Waals surface area contributed by atoms with Gasteiger partial charge in [0.15, 0.2) is 0 Å². The highest BCUT2D eigenvalue weighted by Crippen LogP contribution is 2.30. The Balaban J connectivity index is 2.77. The van der Waals surface area contributed by atoms with Crippen LogP contribution >= 0.6 is 0 Å². The van der Waals surface area contributed by atoms with Gasteiger partial charge in [0, 0.05) is 30.9 Å². The highest BCUT2D eigenvalue weighted by Gasteiger charge is 2.10. The Labute approximate surface area is 108 Å². The minimum Gasteiger partial charge on any atom is -0.378 e. The molecule has 0 unspecified atom stereocenters. The van der Waals surface area contributed by atoms with Crippen LogP contribution in [0.25, 0.3) is 10.9 Å². The molecule has 0 radical (unpaired) electrons. The molecule has 0 amide bonds. The van der Waals surface area contributed by atoms with Crippen molar-refractivity contribution in [2.75, 3.05) is 24.4 Å². The van der Waals surface area contributed by atoms with Gasteiger partial charge in [0.25, 0.3) is 0 Å². The highest BCUT2D eigenvalue weighted by atomic mass is 15.2. The van der Waals surface area contributed by atoms with Crippen LogP contribution in [0.5, 0.6) is 0 Å².